The molecular weight excluding hydrogens is 1700 g/mol. The summed E-state index contributed by atoms with van der Waals surface area (Å²) < 4.78 is 109. The van der Waals surface area contributed by atoms with Gasteiger partial charge in [-0.2, -0.15) is 26.3 Å². The van der Waals surface area contributed by atoms with Crippen molar-refractivity contribution in [1.82, 2.24) is 0 Å². The van der Waals surface area contributed by atoms with Crippen molar-refractivity contribution in [1.29, 1.82) is 0 Å². The highest BCUT2D eigenvalue weighted by molar-refractivity contribution is 8.01. The molecule has 12 rings (SSSR count). The number of ether oxygens (including phenoxy) is 6. The van der Waals surface area contributed by atoms with Crippen molar-refractivity contribution in [2.75, 3.05) is 26.4 Å². The number of alkyl halides is 6. The summed E-state index contributed by atoms with van der Waals surface area (Å²) in [6, 6.07) is 91.5. The molecule has 0 aliphatic carbocycles. The van der Waals surface area contributed by atoms with Gasteiger partial charge in [0.25, 0.3) is 0 Å². The van der Waals surface area contributed by atoms with Crippen LogP contribution >= 0.6 is 23.5 Å². The van der Waals surface area contributed by atoms with Gasteiger partial charge in [0.1, 0.15) is 70.4 Å². The van der Waals surface area contributed by atoms with E-state index in [1.807, 2.05) is 198 Å². The van der Waals surface area contributed by atoms with Crippen molar-refractivity contribution in [3.63, 3.8) is 0 Å². The monoisotopic (exact) mass is 1800 g/mol. The van der Waals surface area contributed by atoms with Crippen molar-refractivity contribution >= 4 is 70.7 Å². The van der Waals surface area contributed by atoms with E-state index in [-0.39, 0.29) is 0 Å². The minimum atomic E-state index is -4.34. The number of carboxylic acids is 4. The minimum absolute atomic E-state index is 0.362. The number of aliphatic carboxylic acids is 4. The summed E-state index contributed by atoms with van der Waals surface area (Å²) in [6.07, 6.45) is 4.95. The first kappa shape index (κ1) is 100. The Morgan fingerprint density at radius 3 is 0.800 bits per heavy atom. The van der Waals surface area contributed by atoms with Gasteiger partial charge in [0.15, 0.2) is 0 Å². The number of halogens is 6. The van der Waals surface area contributed by atoms with Crippen LogP contribution in [0.4, 0.5) is 26.3 Å². The second-order valence-electron chi connectivity index (χ2n) is 31.0. The highest BCUT2D eigenvalue weighted by atomic mass is 32.2. The molecule has 22 heteroatoms. The first-order chi connectivity index (χ1) is 62.0. The number of rotatable bonds is 36. The Kier molecular flexibility index (Phi) is 36.7. The Morgan fingerprint density at radius 1 is 0.300 bits per heavy atom. The lowest BCUT2D eigenvalue weighted by Gasteiger charge is -2.24. The molecule has 0 heterocycles. The van der Waals surface area contributed by atoms with Gasteiger partial charge in [-0.1, -0.05) is 222 Å². The van der Waals surface area contributed by atoms with Crippen LogP contribution in [-0.4, -0.2) is 91.4 Å². The molecule has 0 aliphatic heterocycles. The summed E-state index contributed by atoms with van der Waals surface area (Å²) in [5.41, 5.74) is 10.3. The van der Waals surface area contributed by atoms with Crippen LogP contribution in [0, 0.1) is 0 Å². The first-order valence-electron chi connectivity index (χ1n) is 42.2. The second kappa shape index (κ2) is 47.6. The van der Waals surface area contributed by atoms with Gasteiger partial charge >= 0.3 is 36.2 Å². The molecule has 0 radical (unpaired) electrons. The van der Waals surface area contributed by atoms with Crippen molar-refractivity contribution in [3.8, 4) is 79.0 Å². The smallest absolute Gasteiger partial charge is 0.416 e. The molecule has 0 spiro atoms. The zero-order chi connectivity index (χ0) is 94.1. The van der Waals surface area contributed by atoms with E-state index in [0.717, 1.165) is 89.7 Å². The topological polar surface area (TPSA) is 205 Å². The number of carboxylic acid groups (broad SMARTS) is 4. The van der Waals surface area contributed by atoms with Gasteiger partial charge in [-0.3, -0.25) is 9.59 Å². The Balaban J connectivity index is 0.000000196. The third-order valence-corrected chi connectivity index (χ3v) is 24.4. The number of hydrogen-bond acceptors (Lipinski definition) is 12. The van der Waals surface area contributed by atoms with Gasteiger partial charge in [-0.25, -0.2) is 9.59 Å². The maximum absolute atomic E-state index is 12.8. The van der Waals surface area contributed by atoms with E-state index in [4.69, 9.17) is 28.4 Å². The normalized spacial score (nSPS) is 13.4. The number of allylic oxidation sites excluding steroid dienone is 2. The summed E-state index contributed by atoms with van der Waals surface area (Å²) in [6.45, 7) is 19.4. The maximum Gasteiger partial charge on any atom is 0.416 e. The molecule has 130 heavy (non-hydrogen) atoms. The zero-order valence-corrected chi connectivity index (χ0v) is 75.6. The third-order valence-electron chi connectivity index (χ3n) is 21.6. The van der Waals surface area contributed by atoms with Gasteiger partial charge in [0, 0.05) is 9.79 Å². The Hall–Kier alpha value is -13.4. The van der Waals surface area contributed by atoms with Gasteiger partial charge in [-0.05, 0) is 291 Å². The van der Waals surface area contributed by atoms with Crippen LogP contribution in [0.2, 0.25) is 0 Å². The van der Waals surface area contributed by atoms with Crippen LogP contribution in [0.15, 0.2) is 337 Å². The van der Waals surface area contributed by atoms with E-state index >= 15 is 0 Å². The maximum atomic E-state index is 12.8. The number of carbonyl (C=O) groups is 4. The Bertz CT molecular complexity index is 5360. The molecule has 676 valence electrons. The van der Waals surface area contributed by atoms with Gasteiger partial charge in [0.2, 0.25) is 11.2 Å². The molecule has 12 aromatic carbocycles. The van der Waals surface area contributed by atoms with Crippen LogP contribution in [0.1, 0.15) is 128 Å². The second-order valence-corrected chi connectivity index (χ2v) is 34.1. The van der Waals surface area contributed by atoms with E-state index in [1.54, 1.807) is 90.1 Å². The molecule has 14 nitrogen and oxygen atoms in total. The fraction of sp³-hybridized carbons (Fsp3) is 0.222. The average molecular weight is 1810 g/mol. The molecular formula is C108H106F6O14S2. The summed E-state index contributed by atoms with van der Waals surface area (Å²) in [7, 11) is 0. The van der Waals surface area contributed by atoms with Crippen molar-refractivity contribution in [2.45, 2.75) is 138 Å². The van der Waals surface area contributed by atoms with Crippen LogP contribution in [0.5, 0.6) is 34.5 Å². The lowest BCUT2D eigenvalue weighted by Crippen LogP contribution is -2.40. The number of benzene rings is 12. The van der Waals surface area contributed by atoms with E-state index in [0.29, 0.717) is 86.6 Å². The van der Waals surface area contributed by atoms with Crippen molar-refractivity contribution < 1.29 is 94.4 Å². The number of hydrogen-bond donors (Lipinski definition) is 4. The fourth-order valence-corrected chi connectivity index (χ4v) is 14.4. The third kappa shape index (κ3) is 30.4. The summed E-state index contributed by atoms with van der Waals surface area (Å²) in [4.78, 5) is 47.4. The summed E-state index contributed by atoms with van der Waals surface area (Å²) >= 11 is 2.64. The van der Waals surface area contributed by atoms with E-state index in [2.05, 4.69) is 72.8 Å². The molecule has 0 bridgehead atoms. The summed E-state index contributed by atoms with van der Waals surface area (Å²) in [5, 5.41) is 37.5. The predicted octanol–water partition coefficient (Wildman–Crippen LogP) is 28.6. The molecule has 0 amide bonds. The van der Waals surface area contributed by atoms with Gasteiger partial charge in [-0.15, -0.1) is 23.5 Å². The lowest BCUT2D eigenvalue weighted by atomic mass is 10.00. The van der Waals surface area contributed by atoms with Crippen molar-refractivity contribution in [3.05, 3.63) is 361 Å². The first-order valence-corrected chi connectivity index (χ1v) is 43.8. The van der Waals surface area contributed by atoms with Gasteiger partial charge < -0.3 is 48.8 Å². The van der Waals surface area contributed by atoms with Crippen LogP contribution in [0.25, 0.3) is 67.8 Å². The largest absolute Gasteiger partial charge is 0.490 e. The van der Waals surface area contributed by atoms with Crippen molar-refractivity contribution in [2.24, 2.45) is 0 Å². The van der Waals surface area contributed by atoms with E-state index in [1.165, 1.54) is 70.0 Å². The lowest BCUT2D eigenvalue weighted by molar-refractivity contribution is -0.154. The summed E-state index contributed by atoms with van der Waals surface area (Å²) in [5.74, 6) is 0.136. The highest BCUT2D eigenvalue weighted by Crippen LogP contribution is 2.40. The quantitative estimate of drug-likeness (QED) is 0.0213. The molecule has 4 atom stereocenters. The fourth-order valence-electron chi connectivity index (χ4n) is 12.3. The molecule has 12 aromatic rings. The van der Waals surface area contributed by atoms with Gasteiger partial charge in [0.05, 0.1) is 11.1 Å². The van der Waals surface area contributed by atoms with Crippen LogP contribution < -0.4 is 28.4 Å². The molecule has 0 saturated carbocycles. The standard InChI is InChI=1S/2C28H27F3O3S.2C26H26O4/c2*1-4-27(3,26(32)33)35-25-15-13-24(14-16-25)34-18-17-19(2)20-5-7-21(8-6-20)22-9-11-23(12-10-22)28(29,30)31;2*1-3-26(2,25(27)28)30-24-17-15-23(16-18-24)29-19-7-8-20-11-13-22(14-12-20)21-9-5-4-6-10-21/h2*5-17H,4,18H2,1-3H3,(H,32,33);2*4-18H,3,19H2,1-2H3,(H,27,28)/b2*19-17+;2*8-7+/t2*27-;2*26-/m1010/s1. The minimum Gasteiger partial charge on any atom is -0.490 e. The molecule has 4 N–H and O–H groups in total. The predicted molar refractivity (Wildman–Crippen MR) is 509 cm³/mol. The number of thioether (sulfide) groups is 2. The van der Waals surface area contributed by atoms with Crippen LogP contribution in [0.3, 0.4) is 0 Å². The van der Waals surface area contributed by atoms with Crippen LogP contribution in [-0.2, 0) is 31.5 Å². The Labute approximate surface area is 764 Å². The Morgan fingerprint density at radius 2 is 0.546 bits per heavy atom. The SMILES string of the molecule is CC[C@@](C)(Oc1ccc(OC/C=C/c2ccc(-c3ccccc3)cc2)cc1)C(=O)O.CC[C@@](C)(Sc1ccc(OC/C=C(\C)c2ccc(-c3ccc(C(F)(F)F)cc3)cc2)cc1)C(=O)O.CC[C@](C)(Oc1ccc(OC/C=C/c2ccc(-c3ccccc3)cc2)cc1)C(=O)O.CC[C@](C)(Sc1ccc(OC/C=C(\C)c2ccc(-c3ccc(C(F)(F)F)cc3)cc2)cc1)C(=O)O. The molecule has 0 unspecified atom stereocenters. The molecule has 0 saturated heterocycles. The zero-order valence-electron chi connectivity index (χ0n) is 73.9. The van der Waals surface area contributed by atoms with E-state index < -0.39 is 68.1 Å². The van der Waals surface area contributed by atoms with E-state index in [9.17, 15) is 65.9 Å². The molecule has 0 aliphatic rings. The molecule has 0 aromatic heterocycles. The highest BCUT2D eigenvalue weighted by Gasteiger charge is 2.37. The average Bonchev–Trinajstić information content (AvgIpc) is 0.811. The molecule has 0 fully saturated rings.